The maximum atomic E-state index is 12.6. The van der Waals surface area contributed by atoms with Gasteiger partial charge in [0.05, 0.1) is 9.82 Å². The summed E-state index contributed by atoms with van der Waals surface area (Å²) in [5, 5.41) is 24.4. The number of aryl methyl sites for hydroxylation is 3. The number of nitro groups is 1. The number of para-hydroxylation sites is 1. The van der Waals surface area contributed by atoms with Crippen molar-refractivity contribution in [3.63, 3.8) is 0 Å². The topological polar surface area (TPSA) is 114 Å². The van der Waals surface area contributed by atoms with Gasteiger partial charge in [-0.2, -0.15) is 5.26 Å². The highest BCUT2D eigenvalue weighted by atomic mass is 32.2. The van der Waals surface area contributed by atoms with Crippen LogP contribution < -0.4 is 5.32 Å². The molecule has 0 radical (unpaired) electrons. The Morgan fingerprint density at radius 1 is 1.29 bits per heavy atom. The Morgan fingerprint density at radius 2 is 2.00 bits per heavy atom. The molecule has 31 heavy (non-hydrogen) atoms. The SMILES string of the molecule is Cc1cccc(C)c1NC(=O)C(C#N)=Cc1ccc(Sc2nccn2C)c([N+](=O)[O-])c1. The first-order valence-corrected chi connectivity index (χ1v) is 10.0. The molecule has 8 nitrogen and oxygen atoms in total. The Bertz CT molecular complexity index is 1220. The van der Waals surface area contributed by atoms with Crippen molar-refractivity contribution < 1.29 is 9.72 Å². The third kappa shape index (κ3) is 4.99. The molecular weight excluding hydrogens is 414 g/mol. The average Bonchev–Trinajstić information content (AvgIpc) is 3.14. The zero-order chi connectivity index (χ0) is 22.5. The van der Waals surface area contributed by atoms with E-state index in [4.69, 9.17) is 0 Å². The molecule has 0 unspecified atom stereocenters. The molecule has 1 N–H and O–H groups in total. The first-order chi connectivity index (χ1) is 14.8. The molecule has 0 aliphatic carbocycles. The van der Waals surface area contributed by atoms with Crippen molar-refractivity contribution in [1.29, 1.82) is 5.26 Å². The lowest BCUT2D eigenvalue weighted by molar-refractivity contribution is -0.387. The number of nitrogens with one attached hydrogen (secondary N) is 1. The molecule has 2 aromatic carbocycles. The van der Waals surface area contributed by atoms with Gasteiger partial charge in [-0.15, -0.1) is 0 Å². The largest absolute Gasteiger partial charge is 0.329 e. The molecule has 1 amide bonds. The van der Waals surface area contributed by atoms with E-state index in [-0.39, 0.29) is 11.3 Å². The Balaban J connectivity index is 1.91. The molecule has 9 heteroatoms. The lowest BCUT2D eigenvalue weighted by Gasteiger charge is -2.11. The second kappa shape index (κ2) is 9.28. The lowest BCUT2D eigenvalue weighted by atomic mass is 10.1. The normalized spacial score (nSPS) is 11.1. The van der Waals surface area contributed by atoms with Crippen molar-refractivity contribution in [1.82, 2.24) is 9.55 Å². The van der Waals surface area contributed by atoms with Gasteiger partial charge in [-0.1, -0.05) is 24.3 Å². The van der Waals surface area contributed by atoms with Gasteiger partial charge < -0.3 is 9.88 Å². The van der Waals surface area contributed by atoms with Crippen molar-refractivity contribution in [3.8, 4) is 6.07 Å². The molecule has 0 bridgehead atoms. The highest BCUT2D eigenvalue weighted by molar-refractivity contribution is 7.99. The van der Waals surface area contributed by atoms with E-state index in [1.807, 2.05) is 38.1 Å². The molecule has 0 aliphatic heterocycles. The molecule has 156 valence electrons. The summed E-state index contributed by atoms with van der Waals surface area (Å²) in [5.41, 5.74) is 2.48. The molecule has 0 aliphatic rings. The van der Waals surface area contributed by atoms with Crippen LogP contribution in [0, 0.1) is 35.3 Å². The highest BCUT2D eigenvalue weighted by Crippen LogP contribution is 2.34. The number of carbonyl (C=O) groups is 1. The quantitative estimate of drug-likeness (QED) is 0.262. The van der Waals surface area contributed by atoms with Crippen LogP contribution in [0.3, 0.4) is 0 Å². The fourth-order valence-corrected chi connectivity index (χ4v) is 3.80. The summed E-state index contributed by atoms with van der Waals surface area (Å²) in [6.45, 7) is 3.72. The number of hydrogen-bond donors (Lipinski definition) is 1. The minimum atomic E-state index is -0.575. The second-order valence-electron chi connectivity index (χ2n) is 6.80. The predicted octanol–water partition coefficient (Wildman–Crippen LogP) is 4.64. The van der Waals surface area contributed by atoms with Crippen LogP contribution >= 0.6 is 11.8 Å². The molecule has 0 saturated carbocycles. The van der Waals surface area contributed by atoms with Crippen LogP contribution in [0.15, 0.2) is 64.4 Å². The third-order valence-electron chi connectivity index (χ3n) is 4.55. The fourth-order valence-electron chi connectivity index (χ4n) is 2.91. The van der Waals surface area contributed by atoms with Gasteiger partial charge in [0, 0.05) is 31.2 Å². The van der Waals surface area contributed by atoms with Crippen LogP contribution in [0.5, 0.6) is 0 Å². The summed E-state index contributed by atoms with van der Waals surface area (Å²) in [6, 6.07) is 12.0. The minimum absolute atomic E-state index is 0.130. The number of nitriles is 1. The van der Waals surface area contributed by atoms with Crippen molar-refractivity contribution in [3.05, 3.63) is 81.2 Å². The van der Waals surface area contributed by atoms with Crippen LogP contribution in [-0.2, 0) is 11.8 Å². The maximum Gasteiger partial charge on any atom is 0.283 e. The Hall–Kier alpha value is -3.90. The van der Waals surface area contributed by atoms with Crippen molar-refractivity contribution in [2.75, 3.05) is 5.32 Å². The standard InChI is InChI=1S/C22H19N5O3S/c1-14-5-4-6-15(2)20(14)25-21(28)17(13-23)11-16-7-8-19(18(12-16)27(29)30)31-22-24-9-10-26(22)3/h4-12H,1-3H3,(H,25,28). The van der Waals surface area contributed by atoms with Crippen LogP contribution in [0.25, 0.3) is 6.08 Å². The number of amides is 1. The number of anilines is 1. The molecule has 0 spiro atoms. The minimum Gasteiger partial charge on any atom is -0.329 e. The molecule has 0 atom stereocenters. The summed E-state index contributed by atoms with van der Waals surface area (Å²) in [4.78, 5) is 28.3. The number of carbonyl (C=O) groups excluding carboxylic acids is 1. The Morgan fingerprint density at radius 3 is 2.58 bits per heavy atom. The zero-order valence-corrected chi connectivity index (χ0v) is 17.9. The van der Waals surface area contributed by atoms with E-state index in [1.54, 1.807) is 36.1 Å². The average molecular weight is 433 g/mol. The number of benzene rings is 2. The van der Waals surface area contributed by atoms with E-state index in [0.29, 0.717) is 21.3 Å². The van der Waals surface area contributed by atoms with Gasteiger partial charge in [0.2, 0.25) is 0 Å². The molecular formula is C22H19N5O3S. The van der Waals surface area contributed by atoms with E-state index in [0.717, 1.165) is 11.1 Å². The predicted molar refractivity (Wildman–Crippen MR) is 119 cm³/mol. The van der Waals surface area contributed by atoms with Crippen molar-refractivity contribution in [2.24, 2.45) is 7.05 Å². The Labute approximate surface area is 183 Å². The van der Waals surface area contributed by atoms with Gasteiger partial charge in [-0.25, -0.2) is 4.98 Å². The molecule has 1 heterocycles. The van der Waals surface area contributed by atoms with Crippen LogP contribution in [0.4, 0.5) is 11.4 Å². The van der Waals surface area contributed by atoms with Crippen molar-refractivity contribution in [2.45, 2.75) is 23.9 Å². The summed E-state index contributed by atoms with van der Waals surface area (Å²) in [7, 11) is 1.80. The van der Waals surface area contributed by atoms with Gasteiger partial charge in [0.25, 0.3) is 11.6 Å². The third-order valence-corrected chi connectivity index (χ3v) is 5.69. The summed E-state index contributed by atoms with van der Waals surface area (Å²) >= 11 is 1.17. The molecule has 3 aromatic rings. The summed E-state index contributed by atoms with van der Waals surface area (Å²) < 4.78 is 1.76. The number of rotatable bonds is 6. The van der Waals surface area contributed by atoms with Crippen LogP contribution in [0.2, 0.25) is 0 Å². The van der Waals surface area contributed by atoms with E-state index < -0.39 is 10.8 Å². The highest BCUT2D eigenvalue weighted by Gasteiger charge is 2.18. The summed E-state index contributed by atoms with van der Waals surface area (Å²) in [6.07, 6.45) is 4.70. The number of nitrogens with zero attached hydrogens (tertiary/aromatic N) is 4. The number of imidazole rings is 1. The zero-order valence-electron chi connectivity index (χ0n) is 17.1. The van der Waals surface area contributed by atoms with E-state index >= 15 is 0 Å². The molecule has 0 fully saturated rings. The summed E-state index contributed by atoms with van der Waals surface area (Å²) in [5.74, 6) is -0.575. The van der Waals surface area contributed by atoms with Crippen LogP contribution in [-0.4, -0.2) is 20.4 Å². The first-order valence-electron chi connectivity index (χ1n) is 9.23. The number of hydrogen-bond acceptors (Lipinski definition) is 6. The van der Waals surface area contributed by atoms with Crippen molar-refractivity contribution >= 4 is 35.1 Å². The first kappa shape index (κ1) is 21.8. The number of nitro benzene ring substituents is 1. The van der Waals surface area contributed by atoms with Gasteiger partial charge in [-0.3, -0.25) is 14.9 Å². The molecule has 3 rings (SSSR count). The monoisotopic (exact) mass is 433 g/mol. The van der Waals surface area contributed by atoms with E-state index in [2.05, 4.69) is 10.3 Å². The van der Waals surface area contributed by atoms with Crippen LogP contribution in [0.1, 0.15) is 16.7 Å². The van der Waals surface area contributed by atoms with Gasteiger partial charge in [0.15, 0.2) is 5.16 Å². The fraction of sp³-hybridized carbons (Fsp3) is 0.136. The van der Waals surface area contributed by atoms with E-state index in [1.165, 1.54) is 23.9 Å². The van der Waals surface area contributed by atoms with Gasteiger partial charge >= 0.3 is 0 Å². The smallest absolute Gasteiger partial charge is 0.283 e. The Kier molecular flexibility index (Phi) is 6.52. The van der Waals surface area contributed by atoms with Gasteiger partial charge in [0.1, 0.15) is 11.6 Å². The van der Waals surface area contributed by atoms with Gasteiger partial charge in [-0.05, 0) is 54.4 Å². The second-order valence-corrected chi connectivity index (χ2v) is 7.81. The molecule has 0 saturated heterocycles. The number of aromatic nitrogens is 2. The lowest BCUT2D eigenvalue weighted by Crippen LogP contribution is -2.15. The van der Waals surface area contributed by atoms with E-state index in [9.17, 15) is 20.2 Å². The molecule has 1 aromatic heterocycles. The maximum absolute atomic E-state index is 12.6.